The third kappa shape index (κ3) is 3.74. The number of hydrogen-bond donors (Lipinski definition) is 1. The second kappa shape index (κ2) is 7.22. The molecule has 1 saturated heterocycles. The Labute approximate surface area is 135 Å². The highest BCUT2D eigenvalue weighted by Crippen LogP contribution is 2.25. The summed E-state index contributed by atoms with van der Waals surface area (Å²) in [5.41, 5.74) is 0.779. The predicted octanol–water partition coefficient (Wildman–Crippen LogP) is 2.55. The van der Waals surface area contributed by atoms with E-state index in [1.165, 1.54) is 0 Å². The number of hydrogen-bond acceptors (Lipinski definition) is 3. The van der Waals surface area contributed by atoms with Crippen molar-refractivity contribution in [3.05, 3.63) is 28.2 Å². The van der Waals surface area contributed by atoms with Crippen LogP contribution in [0.25, 0.3) is 0 Å². The molecule has 1 fully saturated rings. The van der Waals surface area contributed by atoms with Crippen molar-refractivity contribution >= 4 is 38.4 Å². The molecule has 1 aromatic rings. The van der Waals surface area contributed by atoms with Gasteiger partial charge in [0.2, 0.25) is 10.0 Å². The molecule has 2 rings (SSSR count). The van der Waals surface area contributed by atoms with E-state index in [-0.39, 0.29) is 18.4 Å². The summed E-state index contributed by atoms with van der Waals surface area (Å²) >= 11 is 3.36. The van der Waals surface area contributed by atoms with Crippen molar-refractivity contribution in [2.45, 2.75) is 30.7 Å². The van der Waals surface area contributed by atoms with E-state index < -0.39 is 10.0 Å². The number of nitrogens with zero attached hydrogens (tertiary/aromatic N) is 1. The molecule has 0 spiro atoms. The minimum atomic E-state index is -3.38. The number of sulfonamides is 1. The molecule has 1 unspecified atom stereocenters. The summed E-state index contributed by atoms with van der Waals surface area (Å²) in [5.74, 6) is 0. The quantitative estimate of drug-likeness (QED) is 0.872. The van der Waals surface area contributed by atoms with Gasteiger partial charge in [-0.15, -0.1) is 12.4 Å². The van der Waals surface area contributed by atoms with Crippen LogP contribution in [0.1, 0.15) is 18.4 Å². The van der Waals surface area contributed by atoms with Crippen LogP contribution < -0.4 is 5.32 Å². The number of likely N-dealkylation sites (N-methyl/N-ethyl adjacent to an activating group) is 1. The van der Waals surface area contributed by atoms with E-state index in [2.05, 4.69) is 21.2 Å². The van der Waals surface area contributed by atoms with Gasteiger partial charge in [0.25, 0.3) is 0 Å². The predicted molar refractivity (Wildman–Crippen MR) is 87.0 cm³/mol. The third-order valence-electron chi connectivity index (χ3n) is 3.55. The number of benzene rings is 1. The Balaban J connectivity index is 0.00000200. The molecule has 7 heteroatoms. The Morgan fingerprint density at radius 2 is 2.10 bits per heavy atom. The lowest BCUT2D eigenvalue weighted by atomic mass is 10.1. The first-order chi connectivity index (χ1) is 8.95. The van der Waals surface area contributed by atoms with E-state index in [0.717, 1.165) is 22.9 Å². The van der Waals surface area contributed by atoms with Gasteiger partial charge in [-0.1, -0.05) is 15.9 Å². The molecule has 1 atom stereocenters. The molecule has 0 aliphatic carbocycles. The van der Waals surface area contributed by atoms with E-state index in [1.54, 1.807) is 16.4 Å². The van der Waals surface area contributed by atoms with E-state index >= 15 is 0 Å². The zero-order valence-electron chi connectivity index (χ0n) is 11.6. The van der Waals surface area contributed by atoms with Crippen LogP contribution in [0.4, 0.5) is 0 Å². The van der Waals surface area contributed by atoms with E-state index in [0.29, 0.717) is 18.0 Å². The Kier molecular flexibility index (Phi) is 6.47. The molecule has 0 bridgehead atoms. The average molecular weight is 384 g/mol. The molecular formula is C13H20BrClN2O2S. The van der Waals surface area contributed by atoms with Crippen molar-refractivity contribution in [2.24, 2.45) is 0 Å². The topological polar surface area (TPSA) is 49.4 Å². The molecular weight excluding hydrogens is 364 g/mol. The van der Waals surface area contributed by atoms with Gasteiger partial charge in [0.15, 0.2) is 0 Å². The number of piperidine rings is 1. The molecule has 1 aliphatic rings. The summed E-state index contributed by atoms with van der Waals surface area (Å²) in [6.45, 7) is 2.99. The van der Waals surface area contributed by atoms with Gasteiger partial charge < -0.3 is 5.32 Å². The molecule has 1 aromatic carbocycles. The summed E-state index contributed by atoms with van der Waals surface area (Å²) in [4.78, 5) is 0.410. The van der Waals surface area contributed by atoms with Gasteiger partial charge in [-0.05, 0) is 50.6 Å². The molecule has 20 heavy (non-hydrogen) atoms. The van der Waals surface area contributed by atoms with Crippen LogP contribution in [0.5, 0.6) is 0 Å². The summed E-state index contributed by atoms with van der Waals surface area (Å²) in [6, 6.07) is 5.54. The maximum absolute atomic E-state index is 12.7. The van der Waals surface area contributed by atoms with E-state index in [4.69, 9.17) is 0 Å². The van der Waals surface area contributed by atoms with Crippen LogP contribution in [0.3, 0.4) is 0 Å². The SMILES string of the molecule is CNC1CCCN(S(=O)(=O)c2ccc(Br)cc2C)C1.Cl. The fourth-order valence-corrected chi connectivity index (χ4v) is 4.64. The van der Waals surface area contributed by atoms with Crippen molar-refractivity contribution in [3.63, 3.8) is 0 Å². The summed E-state index contributed by atoms with van der Waals surface area (Å²) in [5, 5.41) is 3.17. The van der Waals surface area contributed by atoms with Gasteiger partial charge in [0.05, 0.1) is 4.90 Å². The molecule has 1 aliphatic heterocycles. The van der Waals surface area contributed by atoms with Gasteiger partial charge in [0.1, 0.15) is 0 Å². The van der Waals surface area contributed by atoms with Crippen molar-refractivity contribution in [3.8, 4) is 0 Å². The van der Waals surface area contributed by atoms with Gasteiger partial charge in [-0.2, -0.15) is 4.31 Å². The van der Waals surface area contributed by atoms with Crippen molar-refractivity contribution in [1.82, 2.24) is 9.62 Å². The van der Waals surface area contributed by atoms with Crippen molar-refractivity contribution in [2.75, 3.05) is 20.1 Å². The molecule has 0 aromatic heterocycles. The lowest BCUT2D eigenvalue weighted by Gasteiger charge is -2.32. The summed E-state index contributed by atoms with van der Waals surface area (Å²) < 4.78 is 27.8. The summed E-state index contributed by atoms with van der Waals surface area (Å²) in [7, 11) is -1.50. The van der Waals surface area contributed by atoms with Crippen LogP contribution >= 0.6 is 28.3 Å². The highest BCUT2D eigenvalue weighted by molar-refractivity contribution is 9.10. The number of halogens is 2. The molecule has 4 nitrogen and oxygen atoms in total. The average Bonchev–Trinajstić information content (AvgIpc) is 2.38. The minimum Gasteiger partial charge on any atom is -0.316 e. The normalized spacial score (nSPS) is 20.4. The molecule has 0 radical (unpaired) electrons. The smallest absolute Gasteiger partial charge is 0.243 e. The second-order valence-corrected chi connectivity index (χ2v) is 7.72. The zero-order chi connectivity index (χ0) is 14.0. The first-order valence-electron chi connectivity index (χ1n) is 6.38. The molecule has 114 valence electrons. The maximum Gasteiger partial charge on any atom is 0.243 e. The Morgan fingerprint density at radius 1 is 1.40 bits per heavy atom. The first kappa shape index (κ1) is 17.9. The number of nitrogens with one attached hydrogen (secondary N) is 1. The standard InChI is InChI=1S/C13H19BrN2O2S.ClH/c1-10-8-11(14)5-6-13(10)19(17,18)16-7-3-4-12(9-16)15-2;/h5-6,8,12,15H,3-4,7,9H2,1-2H3;1H. The van der Waals surface area contributed by atoms with Gasteiger partial charge in [-0.25, -0.2) is 8.42 Å². The maximum atomic E-state index is 12.7. The Morgan fingerprint density at radius 3 is 2.70 bits per heavy atom. The molecule has 0 amide bonds. The Bertz CT molecular complexity index is 565. The largest absolute Gasteiger partial charge is 0.316 e. The molecule has 0 saturated carbocycles. The zero-order valence-corrected chi connectivity index (χ0v) is 14.8. The third-order valence-corrected chi connectivity index (χ3v) is 6.07. The monoisotopic (exact) mass is 382 g/mol. The summed E-state index contributed by atoms with van der Waals surface area (Å²) in [6.07, 6.45) is 1.93. The van der Waals surface area contributed by atoms with Gasteiger partial charge in [-0.3, -0.25) is 0 Å². The van der Waals surface area contributed by atoms with E-state index in [9.17, 15) is 8.42 Å². The van der Waals surface area contributed by atoms with Crippen LogP contribution in [-0.4, -0.2) is 38.9 Å². The highest BCUT2D eigenvalue weighted by Gasteiger charge is 2.30. The lowest BCUT2D eigenvalue weighted by Crippen LogP contribution is -2.46. The van der Waals surface area contributed by atoms with Crippen molar-refractivity contribution < 1.29 is 8.42 Å². The minimum absolute atomic E-state index is 0. The van der Waals surface area contributed by atoms with E-state index in [1.807, 2.05) is 20.0 Å². The van der Waals surface area contributed by atoms with Crippen LogP contribution in [-0.2, 0) is 10.0 Å². The van der Waals surface area contributed by atoms with Crippen LogP contribution in [0, 0.1) is 6.92 Å². The van der Waals surface area contributed by atoms with Gasteiger partial charge in [0, 0.05) is 23.6 Å². The highest BCUT2D eigenvalue weighted by atomic mass is 79.9. The molecule has 1 heterocycles. The lowest BCUT2D eigenvalue weighted by molar-refractivity contribution is 0.292. The van der Waals surface area contributed by atoms with Crippen LogP contribution in [0.15, 0.2) is 27.6 Å². The first-order valence-corrected chi connectivity index (χ1v) is 8.62. The number of rotatable bonds is 3. The van der Waals surface area contributed by atoms with Gasteiger partial charge >= 0.3 is 0 Å². The fraction of sp³-hybridized carbons (Fsp3) is 0.538. The fourth-order valence-electron chi connectivity index (χ4n) is 2.44. The van der Waals surface area contributed by atoms with Crippen LogP contribution in [0.2, 0.25) is 0 Å². The van der Waals surface area contributed by atoms with Crippen molar-refractivity contribution in [1.29, 1.82) is 0 Å². The second-order valence-electron chi connectivity index (χ2n) is 4.90. The molecule has 1 N–H and O–H groups in total. The Hall–Kier alpha value is -0.140. The number of aryl methyl sites for hydroxylation is 1.